The van der Waals surface area contributed by atoms with E-state index in [4.69, 9.17) is 0 Å². The molecule has 1 heterocycles. The molecule has 0 aliphatic heterocycles. The third-order valence-electron chi connectivity index (χ3n) is 3.72. The molecule has 0 fully saturated rings. The summed E-state index contributed by atoms with van der Waals surface area (Å²) in [6.07, 6.45) is 0.429. The van der Waals surface area contributed by atoms with Crippen LogP contribution in [0, 0.1) is 6.92 Å². The zero-order valence-corrected chi connectivity index (χ0v) is 13.8. The first-order chi connectivity index (χ1) is 11.2. The fraction of sp³-hybridized carbons (Fsp3) is 0.150. The minimum Gasteiger partial charge on any atom is -0.392 e. The normalized spacial score (nSPS) is 10.7. The van der Waals surface area contributed by atoms with Crippen LogP contribution in [-0.4, -0.2) is 10.9 Å². The van der Waals surface area contributed by atoms with E-state index in [1.807, 2.05) is 61.5 Å². The highest BCUT2D eigenvalue weighted by atomic mass is 32.1. The van der Waals surface area contributed by atoms with Crippen LogP contribution in [0.5, 0.6) is 0 Å². The molecule has 0 bridgehead atoms. The number of aliphatic hydroxyl groups is 1. The predicted octanol–water partition coefficient (Wildman–Crippen LogP) is 4.64. The maximum atomic E-state index is 12.5. The quantitative estimate of drug-likeness (QED) is 0.695. The lowest BCUT2D eigenvalue weighted by atomic mass is 10.1. The van der Waals surface area contributed by atoms with Gasteiger partial charge in [-0.3, -0.25) is 4.79 Å². The summed E-state index contributed by atoms with van der Waals surface area (Å²) in [6, 6.07) is 19.7. The SMILES string of the molecule is Cc1cccc(CC(=O)c2ccc(-c3cccc(CO)c3)s2)c1. The highest BCUT2D eigenvalue weighted by Gasteiger charge is 2.11. The Morgan fingerprint density at radius 2 is 1.78 bits per heavy atom. The Kier molecular flexibility index (Phi) is 4.70. The zero-order valence-electron chi connectivity index (χ0n) is 13.0. The first-order valence-corrected chi connectivity index (χ1v) is 8.36. The van der Waals surface area contributed by atoms with Crippen molar-refractivity contribution in [1.82, 2.24) is 0 Å². The molecule has 0 spiro atoms. The van der Waals surface area contributed by atoms with Crippen molar-refractivity contribution in [2.45, 2.75) is 20.0 Å². The molecule has 0 saturated carbocycles. The third kappa shape index (κ3) is 3.76. The number of Topliss-reactive ketones (excluding diaryl/α,β-unsaturated/α-hetero) is 1. The number of hydrogen-bond donors (Lipinski definition) is 1. The van der Waals surface area contributed by atoms with Crippen molar-refractivity contribution in [3.05, 3.63) is 82.2 Å². The molecule has 1 N–H and O–H groups in total. The summed E-state index contributed by atoms with van der Waals surface area (Å²) in [4.78, 5) is 14.3. The van der Waals surface area contributed by atoms with E-state index < -0.39 is 0 Å². The van der Waals surface area contributed by atoms with E-state index in [0.717, 1.165) is 26.4 Å². The summed E-state index contributed by atoms with van der Waals surface area (Å²) in [6.45, 7) is 2.06. The van der Waals surface area contributed by atoms with Crippen LogP contribution in [-0.2, 0) is 13.0 Å². The van der Waals surface area contributed by atoms with Gasteiger partial charge in [0.05, 0.1) is 11.5 Å². The van der Waals surface area contributed by atoms with Gasteiger partial charge in [0.15, 0.2) is 5.78 Å². The fourth-order valence-electron chi connectivity index (χ4n) is 2.56. The van der Waals surface area contributed by atoms with Crippen molar-refractivity contribution >= 4 is 17.1 Å². The molecule has 2 aromatic carbocycles. The maximum absolute atomic E-state index is 12.5. The van der Waals surface area contributed by atoms with Crippen LogP contribution < -0.4 is 0 Å². The van der Waals surface area contributed by atoms with Crippen LogP contribution >= 0.6 is 11.3 Å². The highest BCUT2D eigenvalue weighted by Crippen LogP contribution is 2.29. The smallest absolute Gasteiger partial charge is 0.177 e. The summed E-state index contributed by atoms with van der Waals surface area (Å²) in [7, 11) is 0. The summed E-state index contributed by atoms with van der Waals surface area (Å²) in [5.41, 5.74) is 4.13. The fourth-order valence-corrected chi connectivity index (χ4v) is 3.50. The summed E-state index contributed by atoms with van der Waals surface area (Å²) in [5, 5.41) is 9.24. The van der Waals surface area contributed by atoms with Crippen LogP contribution in [0.15, 0.2) is 60.7 Å². The second-order valence-electron chi connectivity index (χ2n) is 5.61. The van der Waals surface area contributed by atoms with Crippen molar-refractivity contribution in [1.29, 1.82) is 0 Å². The number of carbonyl (C=O) groups excluding carboxylic acids is 1. The average molecular weight is 322 g/mol. The monoisotopic (exact) mass is 322 g/mol. The van der Waals surface area contributed by atoms with Crippen LogP contribution in [0.3, 0.4) is 0 Å². The maximum Gasteiger partial charge on any atom is 0.177 e. The molecule has 0 atom stereocenters. The standard InChI is InChI=1S/C20H18O2S/c1-14-4-2-5-15(10-14)12-18(22)20-9-8-19(23-20)17-7-3-6-16(11-17)13-21/h2-11,21H,12-13H2,1H3. The lowest BCUT2D eigenvalue weighted by Gasteiger charge is -2.01. The molecule has 0 aliphatic rings. The Hall–Kier alpha value is -2.23. The van der Waals surface area contributed by atoms with Gasteiger partial charge in [-0.25, -0.2) is 0 Å². The molecule has 0 unspecified atom stereocenters. The van der Waals surface area contributed by atoms with Crippen LogP contribution in [0.1, 0.15) is 26.4 Å². The predicted molar refractivity (Wildman–Crippen MR) is 94.9 cm³/mol. The first kappa shape index (κ1) is 15.7. The first-order valence-electron chi connectivity index (χ1n) is 7.54. The Balaban J connectivity index is 1.79. The van der Waals surface area contributed by atoms with Gasteiger partial charge in [-0.1, -0.05) is 48.0 Å². The zero-order chi connectivity index (χ0) is 16.2. The molecule has 3 aromatic rings. The molecular formula is C20H18O2S. The highest BCUT2D eigenvalue weighted by molar-refractivity contribution is 7.17. The molecular weight excluding hydrogens is 304 g/mol. The topological polar surface area (TPSA) is 37.3 Å². The van der Waals surface area contributed by atoms with Crippen molar-refractivity contribution in [3.8, 4) is 10.4 Å². The van der Waals surface area contributed by atoms with Crippen LogP contribution in [0.2, 0.25) is 0 Å². The number of hydrogen-bond acceptors (Lipinski definition) is 3. The van der Waals surface area contributed by atoms with E-state index >= 15 is 0 Å². The van der Waals surface area contributed by atoms with Gasteiger partial charge in [-0.15, -0.1) is 11.3 Å². The average Bonchev–Trinajstić information content (AvgIpc) is 3.05. The van der Waals surface area contributed by atoms with Crippen molar-refractivity contribution in [2.75, 3.05) is 0 Å². The number of ketones is 1. The molecule has 2 nitrogen and oxygen atoms in total. The molecule has 0 aliphatic carbocycles. The number of rotatable bonds is 5. The van der Waals surface area contributed by atoms with Crippen molar-refractivity contribution in [2.24, 2.45) is 0 Å². The van der Waals surface area contributed by atoms with Gasteiger partial charge >= 0.3 is 0 Å². The van der Waals surface area contributed by atoms with Crippen molar-refractivity contribution < 1.29 is 9.90 Å². The molecule has 0 saturated heterocycles. The number of thiophene rings is 1. The Morgan fingerprint density at radius 3 is 2.57 bits per heavy atom. The van der Waals surface area contributed by atoms with E-state index in [2.05, 4.69) is 6.07 Å². The Bertz CT molecular complexity index is 833. The van der Waals surface area contributed by atoms with Gasteiger partial charge in [0.25, 0.3) is 0 Å². The number of aliphatic hydroxyl groups excluding tert-OH is 1. The van der Waals surface area contributed by atoms with E-state index in [0.29, 0.717) is 6.42 Å². The van der Waals surface area contributed by atoms with E-state index in [-0.39, 0.29) is 12.4 Å². The largest absolute Gasteiger partial charge is 0.392 e. The van der Waals surface area contributed by atoms with E-state index in [1.54, 1.807) is 0 Å². The Labute approximate surface area is 140 Å². The van der Waals surface area contributed by atoms with Gasteiger partial charge in [0, 0.05) is 11.3 Å². The van der Waals surface area contributed by atoms with Crippen LogP contribution in [0.4, 0.5) is 0 Å². The van der Waals surface area contributed by atoms with Gasteiger partial charge in [0.1, 0.15) is 0 Å². The molecule has 23 heavy (non-hydrogen) atoms. The number of benzene rings is 2. The van der Waals surface area contributed by atoms with Gasteiger partial charge < -0.3 is 5.11 Å². The van der Waals surface area contributed by atoms with Gasteiger partial charge in [0.2, 0.25) is 0 Å². The van der Waals surface area contributed by atoms with E-state index in [1.165, 1.54) is 16.9 Å². The van der Waals surface area contributed by atoms with Crippen molar-refractivity contribution in [3.63, 3.8) is 0 Å². The van der Waals surface area contributed by atoms with Crippen LogP contribution in [0.25, 0.3) is 10.4 Å². The second-order valence-corrected chi connectivity index (χ2v) is 6.70. The van der Waals surface area contributed by atoms with Gasteiger partial charge in [-0.05, 0) is 41.8 Å². The summed E-state index contributed by atoms with van der Waals surface area (Å²) in [5.74, 6) is 0.144. The number of aryl methyl sites for hydroxylation is 1. The molecule has 1 aromatic heterocycles. The van der Waals surface area contributed by atoms with Gasteiger partial charge in [-0.2, -0.15) is 0 Å². The molecule has 0 radical (unpaired) electrons. The molecule has 3 heteroatoms. The second kappa shape index (κ2) is 6.90. The molecule has 0 amide bonds. The lowest BCUT2D eigenvalue weighted by molar-refractivity contribution is 0.0997. The molecule has 116 valence electrons. The van der Waals surface area contributed by atoms with E-state index in [9.17, 15) is 9.90 Å². The minimum absolute atomic E-state index is 0.0262. The number of carbonyl (C=O) groups is 1. The molecule has 3 rings (SSSR count). The lowest BCUT2D eigenvalue weighted by Crippen LogP contribution is -2.01. The summed E-state index contributed by atoms with van der Waals surface area (Å²) < 4.78 is 0. The summed E-state index contributed by atoms with van der Waals surface area (Å²) >= 11 is 1.51. The Morgan fingerprint density at radius 1 is 1.00 bits per heavy atom. The minimum atomic E-state index is 0.0262. The third-order valence-corrected chi connectivity index (χ3v) is 4.90.